The highest BCUT2D eigenvalue weighted by Crippen LogP contribution is 2.32. The van der Waals surface area contributed by atoms with E-state index in [-0.39, 0.29) is 0 Å². The number of hydrogen-bond donors (Lipinski definition) is 0. The zero-order chi connectivity index (χ0) is 17.5. The van der Waals surface area contributed by atoms with Gasteiger partial charge in [0.2, 0.25) is 0 Å². The maximum absolute atomic E-state index is 11.0. The Bertz CT molecular complexity index is 775. The summed E-state index contributed by atoms with van der Waals surface area (Å²) in [6.07, 6.45) is 6.19. The molecule has 2 aromatic rings. The zero-order valence-electron chi connectivity index (χ0n) is 14.2. The Morgan fingerprint density at radius 3 is 2.72 bits per heavy atom. The largest absolute Gasteiger partial charge is 0.493 e. The molecule has 0 saturated heterocycles. The molecule has 0 spiro atoms. The number of fused-ring (bicyclic) bond motifs is 1. The molecule has 0 radical (unpaired) electrons. The van der Waals surface area contributed by atoms with Gasteiger partial charge in [0.15, 0.2) is 0 Å². The lowest BCUT2D eigenvalue weighted by Crippen LogP contribution is -2.07. The second-order valence-electron chi connectivity index (χ2n) is 5.97. The fourth-order valence-corrected chi connectivity index (χ4v) is 2.91. The average molecular weight is 334 g/mol. The van der Waals surface area contributed by atoms with Gasteiger partial charge in [0, 0.05) is 12.5 Å². The average Bonchev–Trinajstić information content (AvgIpc) is 2.67. The molecular weight excluding hydrogens is 312 g/mol. The van der Waals surface area contributed by atoms with Crippen molar-refractivity contribution < 1.29 is 14.3 Å². The SMILES string of the molecule is C=CC(=O)OCCCOc1ccc2c(c1)C=C(c1ccccc1)CC2. The number of rotatable bonds is 7. The first kappa shape index (κ1) is 17.0. The molecular formula is C22H22O3. The minimum atomic E-state index is -0.396. The quantitative estimate of drug-likeness (QED) is 0.419. The van der Waals surface area contributed by atoms with E-state index < -0.39 is 5.97 Å². The number of hydrogen-bond acceptors (Lipinski definition) is 3. The fraction of sp³-hybridized carbons (Fsp3) is 0.227. The molecule has 0 aromatic heterocycles. The summed E-state index contributed by atoms with van der Waals surface area (Å²) in [6, 6.07) is 16.7. The number of allylic oxidation sites excluding steroid dienone is 1. The summed E-state index contributed by atoms with van der Waals surface area (Å²) in [7, 11) is 0. The molecule has 0 atom stereocenters. The predicted molar refractivity (Wildman–Crippen MR) is 100 cm³/mol. The highest BCUT2D eigenvalue weighted by Gasteiger charge is 2.12. The lowest BCUT2D eigenvalue weighted by molar-refractivity contribution is -0.137. The minimum absolute atomic E-state index is 0.341. The Balaban J connectivity index is 1.61. The minimum Gasteiger partial charge on any atom is -0.493 e. The van der Waals surface area contributed by atoms with Crippen LogP contribution in [0, 0.1) is 0 Å². The molecule has 0 N–H and O–H groups in total. The van der Waals surface area contributed by atoms with Crippen molar-refractivity contribution in [2.75, 3.05) is 13.2 Å². The Labute approximate surface area is 148 Å². The molecule has 1 aliphatic rings. The second kappa shape index (κ2) is 8.34. The van der Waals surface area contributed by atoms with Crippen LogP contribution in [0.5, 0.6) is 5.75 Å². The van der Waals surface area contributed by atoms with Gasteiger partial charge < -0.3 is 9.47 Å². The van der Waals surface area contributed by atoms with E-state index in [0.29, 0.717) is 19.6 Å². The van der Waals surface area contributed by atoms with Crippen LogP contribution in [-0.4, -0.2) is 19.2 Å². The summed E-state index contributed by atoms with van der Waals surface area (Å²) >= 11 is 0. The van der Waals surface area contributed by atoms with Crippen molar-refractivity contribution in [2.45, 2.75) is 19.3 Å². The van der Waals surface area contributed by atoms with Crippen molar-refractivity contribution >= 4 is 17.6 Å². The number of ether oxygens (including phenoxy) is 2. The van der Waals surface area contributed by atoms with Crippen LogP contribution >= 0.6 is 0 Å². The van der Waals surface area contributed by atoms with E-state index in [1.54, 1.807) is 0 Å². The van der Waals surface area contributed by atoms with Gasteiger partial charge in [0.1, 0.15) is 5.75 Å². The topological polar surface area (TPSA) is 35.5 Å². The van der Waals surface area contributed by atoms with Gasteiger partial charge in [-0.25, -0.2) is 4.79 Å². The first-order chi connectivity index (χ1) is 12.3. The molecule has 0 fully saturated rings. The molecule has 128 valence electrons. The van der Waals surface area contributed by atoms with Crippen LogP contribution in [0.25, 0.3) is 11.6 Å². The van der Waals surface area contributed by atoms with Crippen LogP contribution in [0.1, 0.15) is 29.5 Å². The van der Waals surface area contributed by atoms with E-state index in [4.69, 9.17) is 9.47 Å². The third kappa shape index (κ3) is 4.60. The molecule has 0 aliphatic heterocycles. The molecule has 25 heavy (non-hydrogen) atoms. The summed E-state index contributed by atoms with van der Waals surface area (Å²) in [6.45, 7) is 4.22. The monoisotopic (exact) mass is 334 g/mol. The van der Waals surface area contributed by atoms with Crippen LogP contribution in [0.4, 0.5) is 0 Å². The zero-order valence-corrected chi connectivity index (χ0v) is 14.2. The van der Waals surface area contributed by atoms with Crippen molar-refractivity contribution in [3.8, 4) is 5.75 Å². The van der Waals surface area contributed by atoms with Crippen LogP contribution in [-0.2, 0) is 16.0 Å². The molecule has 3 rings (SSSR count). The molecule has 0 amide bonds. The molecule has 0 bridgehead atoms. The van der Waals surface area contributed by atoms with E-state index >= 15 is 0 Å². The first-order valence-corrected chi connectivity index (χ1v) is 8.57. The number of carbonyl (C=O) groups excluding carboxylic acids is 1. The predicted octanol–water partition coefficient (Wildman–Crippen LogP) is 4.67. The molecule has 0 unspecified atom stereocenters. The van der Waals surface area contributed by atoms with E-state index in [1.807, 2.05) is 12.1 Å². The van der Waals surface area contributed by atoms with Crippen LogP contribution < -0.4 is 4.74 Å². The highest BCUT2D eigenvalue weighted by atomic mass is 16.5. The first-order valence-electron chi connectivity index (χ1n) is 8.57. The lowest BCUT2D eigenvalue weighted by Gasteiger charge is -2.18. The van der Waals surface area contributed by atoms with E-state index in [9.17, 15) is 4.79 Å². The van der Waals surface area contributed by atoms with Gasteiger partial charge >= 0.3 is 5.97 Å². The Kier molecular flexibility index (Phi) is 5.68. The third-order valence-electron chi connectivity index (χ3n) is 4.22. The Morgan fingerprint density at radius 2 is 1.92 bits per heavy atom. The van der Waals surface area contributed by atoms with Crippen LogP contribution in [0.3, 0.4) is 0 Å². The maximum atomic E-state index is 11.0. The molecule has 3 heteroatoms. The van der Waals surface area contributed by atoms with Crippen LogP contribution in [0.2, 0.25) is 0 Å². The van der Waals surface area contributed by atoms with Gasteiger partial charge in [-0.2, -0.15) is 0 Å². The summed E-state index contributed by atoms with van der Waals surface area (Å²) in [5.74, 6) is 0.451. The molecule has 2 aromatic carbocycles. The summed E-state index contributed by atoms with van der Waals surface area (Å²) in [5.41, 5.74) is 5.22. The van der Waals surface area contributed by atoms with Gasteiger partial charge in [-0.3, -0.25) is 0 Å². The number of aryl methyl sites for hydroxylation is 1. The van der Waals surface area contributed by atoms with Crippen molar-refractivity contribution in [3.63, 3.8) is 0 Å². The fourth-order valence-electron chi connectivity index (χ4n) is 2.91. The number of carbonyl (C=O) groups is 1. The van der Waals surface area contributed by atoms with Gasteiger partial charge in [0.05, 0.1) is 13.2 Å². The Morgan fingerprint density at radius 1 is 1.08 bits per heavy atom. The number of benzene rings is 2. The molecule has 1 aliphatic carbocycles. The van der Waals surface area contributed by atoms with E-state index in [2.05, 4.69) is 49.1 Å². The van der Waals surface area contributed by atoms with Crippen molar-refractivity contribution in [1.29, 1.82) is 0 Å². The maximum Gasteiger partial charge on any atom is 0.330 e. The van der Waals surface area contributed by atoms with Gasteiger partial charge in [-0.15, -0.1) is 0 Å². The van der Waals surface area contributed by atoms with Crippen molar-refractivity contribution in [3.05, 3.63) is 77.9 Å². The van der Waals surface area contributed by atoms with Crippen LogP contribution in [0.15, 0.2) is 61.2 Å². The number of esters is 1. The third-order valence-corrected chi connectivity index (χ3v) is 4.22. The lowest BCUT2D eigenvalue weighted by atomic mass is 9.88. The second-order valence-corrected chi connectivity index (χ2v) is 5.97. The van der Waals surface area contributed by atoms with Crippen molar-refractivity contribution in [1.82, 2.24) is 0 Å². The van der Waals surface area contributed by atoms with Gasteiger partial charge in [-0.1, -0.05) is 49.1 Å². The molecule has 0 saturated carbocycles. The summed E-state index contributed by atoms with van der Waals surface area (Å²) in [5, 5.41) is 0. The van der Waals surface area contributed by atoms with E-state index in [0.717, 1.165) is 18.6 Å². The molecule has 0 heterocycles. The Hall–Kier alpha value is -2.81. The van der Waals surface area contributed by atoms with Gasteiger partial charge in [-0.05, 0) is 47.2 Å². The summed E-state index contributed by atoms with van der Waals surface area (Å²) < 4.78 is 10.7. The standard InChI is InChI=1S/C22H22O3/c1-2-22(23)25-14-6-13-24-21-12-11-18-9-10-19(15-20(18)16-21)17-7-4-3-5-8-17/h2-5,7-8,11-12,15-16H,1,6,9-10,13-14H2. The summed E-state index contributed by atoms with van der Waals surface area (Å²) in [4.78, 5) is 11.0. The highest BCUT2D eigenvalue weighted by molar-refractivity contribution is 5.84. The van der Waals surface area contributed by atoms with Crippen molar-refractivity contribution in [2.24, 2.45) is 0 Å². The van der Waals surface area contributed by atoms with E-state index in [1.165, 1.54) is 28.3 Å². The van der Waals surface area contributed by atoms with Gasteiger partial charge in [0.25, 0.3) is 0 Å². The normalized spacial score (nSPS) is 12.7. The molecule has 3 nitrogen and oxygen atoms in total. The smallest absolute Gasteiger partial charge is 0.330 e.